The highest BCUT2D eigenvalue weighted by Crippen LogP contribution is 2.21. The maximum Gasteiger partial charge on any atom is 0.334 e. The molecule has 1 aromatic rings. The number of para-hydroxylation sites is 1. The van der Waals surface area contributed by atoms with Crippen molar-refractivity contribution in [2.75, 3.05) is 7.05 Å². The molecule has 5 nitrogen and oxygen atoms in total. The van der Waals surface area contributed by atoms with E-state index in [0.29, 0.717) is 12.0 Å². The fourth-order valence-corrected chi connectivity index (χ4v) is 1.25. The topological polar surface area (TPSA) is 73.7 Å². The molecule has 1 rings (SSSR count). The van der Waals surface area contributed by atoms with E-state index in [2.05, 4.69) is 22.4 Å². The number of rotatable bonds is 4. The molecule has 0 aromatic heterocycles. The minimum Gasteiger partial charge on any atom is -0.507 e. The van der Waals surface area contributed by atoms with Gasteiger partial charge in [-0.25, -0.2) is 10.2 Å². The van der Waals surface area contributed by atoms with Gasteiger partial charge in [0.15, 0.2) is 0 Å². The lowest BCUT2D eigenvalue weighted by molar-refractivity contribution is 0.243. The van der Waals surface area contributed by atoms with Gasteiger partial charge >= 0.3 is 6.03 Å². The number of carbonyl (C=O) groups is 1. The Bertz CT molecular complexity index is 441. The first kappa shape index (κ1) is 12.8. The molecule has 0 aliphatic carbocycles. The molecule has 0 aliphatic heterocycles. The van der Waals surface area contributed by atoms with Crippen LogP contribution in [0.3, 0.4) is 0 Å². The number of hydrogen-bond acceptors (Lipinski definition) is 3. The van der Waals surface area contributed by atoms with E-state index < -0.39 is 6.03 Å². The molecule has 0 spiro atoms. The summed E-state index contributed by atoms with van der Waals surface area (Å²) >= 11 is 0. The van der Waals surface area contributed by atoms with Crippen LogP contribution in [-0.2, 0) is 6.42 Å². The number of urea groups is 1. The summed E-state index contributed by atoms with van der Waals surface area (Å²) in [7, 11) is 1.49. The predicted molar refractivity (Wildman–Crippen MR) is 67.2 cm³/mol. The highest BCUT2D eigenvalue weighted by atomic mass is 16.3. The molecule has 0 unspecified atom stereocenters. The molecule has 2 amide bonds. The fourth-order valence-electron chi connectivity index (χ4n) is 1.25. The van der Waals surface area contributed by atoms with Crippen LogP contribution in [0.4, 0.5) is 4.79 Å². The monoisotopic (exact) mass is 233 g/mol. The van der Waals surface area contributed by atoms with Crippen LogP contribution in [0.2, 0.25) is 0 Å². The van der Waals surface area contributed by atoms with E-state index in [9.17, 15) is 9.90 Å². The van der Waals surface area contributed by atoms with E-state index in [1.54, 1.807) is 24.3 Å². The summed E-state index contributed by atoms with van der Waals surface area (Å²) in [5.41, 5.74) is 3.56. The quantitative estimate of drug-likeness (QED) is 0.417. The number of phenolic OH excluding ortho intramolecular Hbond substituents is 1. The maximum absolute atomic E-state index is 10.8. The van der Waals surface area contributed by atoms with Crippen LogP contribution in [-0.4, -0.2) is 24.4 Å². The zero-order valence-electron chi connectivity index (χ0n) is 9.60. The van der Waals surface area contributed by atoms with Gasteiger partial charge in [-0.05, 0) is 18.1 Å². The molecule has 17 heavy (non-hydrogen) atoms. The third kappa shape index (κ3) is 3.64. The van der Waals surface area contributed by atoms with Crippen molar-refractivity contribution in [3.05, 3.63) is 42.0 Å². The predicted octanol–water partition coefficient (Wildman–Crippen LogP) is 1.38. The Labute approximate surface area is 99.9 Å². The fraction of sp³-hybridized carbons (Fsp3) is 0.167. The normalized spacial score (nSPS) is 10.2. The standard InChI is InChI=1S/C12H15N3O2/c1-3-5-9-6-4-7-10(11(9)16)8-14-15-12(17)13-2/h3-4,6-8,16H,1,5H2,2H3,(H2,13,15,17)/b14-8+. The number of carbonyl (C=O) groups excluding carboxylic acids is 1. The van der Waals surface area contributed by atoms with Gasteiger partial charge in [0.25, 0.3) is 0 Å². The maximum atomic E-state index is 10.8. The van der Waals surface area contributed by atoms with Crippen LogP contribution in [0.25, 0.3) is 0 Å². The highest BCUT2D eigenvalue weighted by Gasteiger charge is 2.03. The van der Waals surface area contributed by atoms with Gasteiger partial charge in [-0.3, -0.25) is 0 Å². The first-order valence-corrected chi connectivity index (χ1v) is 5.11. The van der Waals surface area contributed by atoms with Crippen LogP contribution in [0.15, 0.2) is 36.0 Å². The molecule has 0 saturated carbocycles. The third-order valence-corrected chi connectivity index (χ3v) is 2.11. The summed E-state index contributed by atoms with van der Waals surface area (Å²) in [6.45, 7) is 3.61. The number of hydrogen-bond donors (Lipinski definition) is 3. The minimum absolute atomic E-state index is 0.148. The molecule has 0 radical (unpaired) electrons. The molecule has 90 valence electrons. The van der Waals surface area contributed by atoms with Crippen molar-refractivity contribution in [3.8, 4) is 5.75 Å². The van der Waals surface area contributed by atoms with E-state index >= 15 is 0 Å². The van der Waals surface area contributed by atoms with E-state index in [-0.39, 0.29) is 5.75 Å². The zero-order valence-corrected chi connectivity index (χ0v) is 9.60. The van der Waals surface area contributed by atoms with Gasteiger partial charge in [-0.2, -0.15) is 5.10 Å². The summed E-state index contributed by atoms with van der Waals surface area (Å²) in [4.78, 5) is 10.8. The number of phenols is 1. The van der Waals surface area contributed by atoms with E-state index in [4.69, 9.17) is 0 Å². The highest BCUT2D eigenvalue weighted by molar-refractivity contribution is 5.85. The number of benzene rings is 1. The van der Waals surface area contributed by atoms with Gasteiger partial charge in [-0.15, -0.1) is 6.58 Å². The largest absolute Gasteiger partial charge is 0.507 e. The van der Waals surface area contributed by atoms with Gasteiger partial charge < -0.3 is 10.4 Å². The van der Waals surface area contributed by atoms with Crippen molar-refractivity contribution in [3.63, 3.8) is 0 Å². The molecular formula is C12H15N3O2. The Morgan fingerprint density at radius 3 is 3.00 bits per heavy atom. The van der Waals surface area contributed by atoms with E-state index in [1.807, 2.05) is 0 Å². The van der Waals surface area contributed by atoms with E-state index in [0.717, 1.165) is 5.56 Å². The second-order valence-corrected chi connectivity index (χ2v) is 3.30. The number of allylic oxidation sites excluding steroid dienone is 1. The lowest BCUT2D eigenvalue weighted by Gasteiger charge is -2.04. The molecule has 0 fully saturated rings. The molecular weight excluding hydrogens is 218 g/mol. The van der Waals surface area contributed by atoms with Crippen molar-refractivity contribution in [2.24, 2.45) is 5.10 Å². The SMILES string of the molecule is C=CCc1cccc(/C=N/NC(=O)NC)c1O. The van der Waals surface area contributed by atoms with Gasteiger partial charge in [0.2, 0.25) is 0 Å². The summed E-state index contributed by atoms with van der Waals surface area (Å²) < 4.78 is 0. The molecule has 3 N–H and O–H groups in total. The first-order valence-electron chi connectivity index (χ1n) is 5.11. The Balaban J connectivity index is 2.80. The smallest absolute Gasteiger partial charge is 0.334 e. The summed E-state index contributed by atoms with van der Waals surface area (Å²) in [5.74, 6) is 0.148. The Morgan fingerprint density at radius 2 is 2.35 bits per heavy atom. The Kier molecular flexibility index (Phi) is 4.75. The van der Waals surface area contributed by atoms with Crippen LogP contribution in [0.1, 0.15) is 11.1 Å². The number of amides is 2. The zero-order chi connectivity index (χ0) is 12.7. The molecule has 0 heterocycles. The molecule has 0 saturated heterocycles. The van der Waals surface area contributed by atoms with Crippen LogP contribution < -0.4 is 10.7 Å². The molecule has 0 atom stereocenters. The average Bonchev–Trinajstić information content (AvgIpc) is 2.33. The first-order chi connectivity index (χ1) is 8.19. The van der Waals surface area contributed by atoms with Crippen molar-refractivity contribution >= 4 is 12.2 Å². The molecule has 0 aliphatic rings. The number of nitrogens with one attached hydrogen (secondary N) is 2. The van der Waals surface area contributed by atoms with Crippen molar-refractivity contribution < 1.29 is 9.90 Å². The van der Waals surface area contributed by atoms with Gasteiger partial charge in [-0.1, -0.05) is 18.2 Å². The summed E-state index contributed by atoms with van der Waals surface area (Å²) in [6, 6.07) is 4.90. The second-order valence-electron chi connectivity index (χ2n) is 3.30. The van der Waals surface area contributed by atoms with Crippen LogP contribution in [0, 0.1) is 0 Å². The third-order valence-electron chi connectivity index (χ3n) is 2.11. The molecule has 5 heteroatoms. The summed E-state index contributed by atoms with van der Waals surface area (Å²) in [6.07, 6.45) is 3.67. The lowest BCUT2D eigenvalue weighted by atomic mass is 10.1. The van der Waals surface area contributed by atoms with Crippen LogP contribution in [0.5, 0.6) is 5.75 Å². The van der Waals surface area contributed by atoms with Gasteiger partial charge in [0, 0.05) is 12.6 Å². The van der Waals surface area contributed by atoms with Crippen molar-refractivity contribution in [1.29, 1.82) is 0 Å². The van der Waals surface area contributed by atoms with E-state index in [1.165, 1.54) is 13.3 Å². The van der Waals surface area contributed by atoms with Crippen molar-refractivity contribution in [2.45, 2.75) is 6.42 Å². The Morgan fingerprint density at radius 1 is 1.59 bits per heavy atom. The van der Waals surface area contributed by atoms with Gasteiger partial charge in [0.05, 0.1) is 6.21 Å². The van der Waals surface area contributed by atoms with Crippen molar-refractivity contribution in [1.82, 2.24) is 10.7 Å². The Hall–Kier alpha value is -2.30. The number of nitrogens with zero attached hydrogens (tertiary/aromatic N) is 1. The average molecular weight is 233 g/mol. The number of hydrazone groups is 1. The lowest BCUT2D eigenvalue weighted by Crippen LogP contribution is -2.28. The molecule has 0 bridgehead atoms. The number of aromatic hydroxyl groups is 1. The minimum atomic E-state index is -0.414. The van der Waals surface area contributed by atoms with Crippen LogP contribution >= 0.6 is 0 Å². The van der Waals surface area contributed by atoms with Gasteiger partial charge in [0.1, 0.15) is 5.75 Å². The summed E-state index contributed by atoms with van der Waals surface area (Å²) in [5, 5.41) is 15.9. The molecule has 1 aromatic carbocycles. The second kappa shape index (κ2) is 6.32.